The van der Waals surface area contributed by atoms with Crippen LogP contribution in [0, 0.1) is 0 Å². The number of nitrogens with one attached hydrogen (secondary N) is 1. The van der Waals surface area contributed by atoms with Gasteiger partial charge in [0.05, 0.1) is 21.4 Å². The average molecular weight is 409 g/mol. The Bertz CT molecular complexity index is 1310. The molecular formula is C19H12N4OS3. The van der Waals surface area contributed by atoms with E-state index in [1.807, 2.05) is 47.2 Å². The van der Waals surface area contributed by atoms with Crippen LogP contribution >= 0.6 is 34.4 Å². The van der Waals surface area contributed by atoms with Gasteiger partial charge in [-0.3, -0.25) is 4.79 Å². The van der Waals surface area contributed by atoms with Crippen LogP contribution < -0.4 is 5.56 Å². The zero-order valence-corrected chi connectivity index (χ0v) is 16.3. The number of benzene rings is 1. The van der Waals surface area contributed by atoms with Gasteiger partial charge in [-0.1, -0.05) is 42.1 Å². The van der Waals surface area contributed by atoms with Crippen molar-refractivity contribution < 1.29 is 0 Å². The fraction of sp³-hybridized carbons (Fsp3) is 0.0526. The van der Waals surface area contributed by atoms with E-state index in [2.05, 4.69) is 19.9 Å². The molecule has 0 aliphatic carbocycles. The number of aromatic amines is 1. The van der Waals surface area contributed by atoms with Crippen LogP contribution in [0.1, 0.15) is 5.82 Å². The largest absolute Gasteiger partial charge is 0.309 e. The van der Waals surface area contributed by atoms with Crippen molar-refractivity contribution in [3.8, 4) is 11.1 Å². The van der Waals surface area contributed by atoms with E-state index in [-0.39, 0.29) is 5.56 Å². The lowest BCUT2D eigenvalue weighted by molar-refractivity contribution is 1.04. The number of rotatable bonds is 4. The molecular weight excluding hydrogens is 396 g/mol. The third kappa shape index (κ3) is 3.05. The predicted octanol–water partition coefficient (Wildman–Crippen LogP) is 4.95. The SMILES string of the molecule is O=c1[nH]c(CSc2ncnc3ccsc23)nc2scc(-c3ccccc3)c12. The van der Waals surface area contributed by atoms with E-state index in [1.54, 1.807) is 29.4 Å². The molecule has 1 N–H and O–H groups in total. The Labute approximate surface area is 166 Å². The van der Waals surface area contributed by atoms with Crippen LogP contribution in [-0.4, -0.2) is 19.9 Å². The minimum atomic E-state index is -0.0975. The lowest BCUT2D eigenvalue weighted by atomic mass is 10.1. The number of aromatic nitrogens is 4. The first-order valence-electron chi connectivity index (χ1n) is 8.16. The quantitative estimate of drug-likeness (QED) is 0.337. The summed E-state index contributed by atoms with van der Waals surface area (Å²) in [6.45, 7) is 0. The smallest absolute Gasteiger partial charge is 0.260 e. The first-order chi connectivity index (χ1) is 13.3. The first kappa shape index (κ1) is 16.6. The fourth-order valence-electron chi connectivity index (χ4n) is 2.90. The number of thiophene rings is 2. The monoisotopic (exact) mass is 408 g/mol. The van der Waals surface area contributed by atoms with Crippen molar-refractivity contribution >= 4 is 54.9 Å². The van der Waals surface area contributed by atoms with Gasteiger partial charge in [0.2, 0.25) is 0 Å². The Balaban J connectivity index is 1.49. The minimum absolute atomic E-state index is 0.0975. The molecule has 0 atom stereocenters. The summed E-state index contributed by atoms with van der Waals surface area (Å²) in [5, 5.41) is 5.57. The third-order valence-electron chi connectivity index (χ3n) is 4.13. The Morgan fingerprint density at radius 1 is 1.07 bits per heavy atom. The maximum absolute atomic E-state index is 12.7. The highest BCUT2D eigenvalue weighted by Gasteiger charge is 2.13. The van der Waals surface area contributed by atoms with Crippen LogP contribution in [0.15, 0.2) is 63.3 Å². The number of fused-ring (bicyclic) bond motifs is 2. The van der Waals surface area contributed by atoms with Crippen molar-refractivity contribution in [1.82, 2.24) is 19.9 Å². The van der Waals surface area contributed by atoms with Crippen molar-refractivity contribution in [2.45, 2.75) is 10.8 Å². The maximum atomic E-state index is 12.7. The van der Waals surface area contributed by atoms with Crippen molar-refractivity contribution in [1.29, 1.82) is 0 Å². The van der Waals surface area contributed by atoms with Crippen LogP contribution in [0.2, 0.25) is 0 Å². The number of H-pyrrole nitrogens is 1. The van der Waals surface area contributed by atoms with Gasteiger partial charge in [0.25, 0.3) is 5.56 Å². The maximum Gasteiger partial charge on any atom is 0.260 e. The normalized spacial score (nSPS) is 11.4. The fourth-order valence-corrected chi connectivity index (χ4v) is 5.68. The Hall–Kier alpha value is -2.55. The van der Waals surface area contributed by atoms with Gasteiger partial charge < -0.3 is 4.98 Å². The molecule has 5 rings (SSSR count). The van der Waals surface area contributed by atoms with Gasteiger partial charge in [0, 0.05) is 10.9 Å². The summed E-state index contributed by atoms with van der Waals surface area (Å²) < 4.78 is 1.06. The molecule has 0 fully saturated rings. The first-order valence-corrected chi connectivity index (χ1v) is 10.9. The zero-order valence-electron chi connectivity index (χ0n) is 13.9. The van der Waals surface area contributed by atoms with Gasteiger partial charge in [-0.25, -0.2) is 15.0 Å². The lowest BCUT2D eigenvalue weighted by Gasteiger charge is -2.03. The molecule has 0 radical (unpaired) electrons. The van der Waals surface area contributed by atoms with E-state index in [0.29, 0.717) is 17.0 Å². The van der Waals surface area contributed by atoms with Crippen LogP contribution in [0.4, 0.5) is 0 Å². The molecule has 8 heteroatoms. The highest BCUT2D eigenvalue weighted by Crippen LogP contribution is 2.32. The summed E-state index contributed by atoms with van der Waals surface area (Å²) in [7, 11) is 0. The minimum Gasteiger partial charge on any atom is -0.309 e. The van der Waals surface area contributed by atoms with E-state index in [9.17, 15) is 4.79 Å². The number of thioether (sulfide) groups is 1. The Kier molecular flexibility index (Phi) is 4.23. The van der Waals surface area contributed by atoms with Gasteiger partial charge in [-0.05, 0) is 17.0 Å². The molecule has 0 spiro atoms. The second kappa shape index (κ2) is 6.88. The summed E-state index contributed by atoms with van der Waals surface area (Å²) in [6.07, 6.45) is 1.57. The predicted molar refractivity (Wildman–Crippen MR) is 113 cm³/mol. The number of nitrogens with zero attached hydrogens (tertiary/aromatic N) is 3. The van der Waals surface area contributed by atoms with E-state index in [0.717, 1.165) is 31.2 Å². The Morgan fingerprint density at radius 3 is 2.85 bits per heavy atom. The van der Waals surface area contributed by atoms with Crippen molar-refractivity contribution in [3.05, 3.63) is 69.7 Å². The second-order valence-corrected chi connectivity index (χ2v) is 8.55. The van der Waals surface area contributed by atoms with Crippen molar-refractivity contribution in [2.75, 3.05) is 0 Å². The highest BCUT2D eigenvalue weighted by molar-refractivity contribution is 7.98. The van der Waals surface area contributed by atoms with E-state index in [1.165, 1.54) is 11.3 Å². The van der Waals surface area contributed by atoms with Crippen LogP contribution in [0.25, 0.3) is 31.6 Å². The molecule has 0 aliphatic heterocycles. The molecule has 0 saturated carbocycles. The summed E-state index contributed by atoms with van der Waals surface area (Å²) in [6, 6.07) is 11.9. The summed E-state index contributed by atoms with van der Waals surface area (Å²) in [5.74, 6) is 1.20. The number of hydrogen-bond acceptors (Lipinski definition) is 7. The molecule has 5 aromatic rings. The molecule has 4 heterocycles. The van der Waals surface area contributed by atoms with Crippen LogP contribution in [-0.2, 0) is 5.75 Å². The number of hydrogen-bond donors (Lipinski definition) is 1. The molecule has 0 saturated heterocycles. The van der Waals surface area contributed by atoms with Gasteiger partial charge in [0.1, 0.15) is 22.0 Å². The van der Waals surface area contributed by atoms with Crippen molar-refractivity contribution in [2.24, 2.45) is 0 Å². The summed E-state index contributed by atoms with van der Waals surface area (Å²) in [5.41, 5.74) is 2.80. The van der Waals surface area contributed by atoms with Gasteiger partial charge >= 0.3 is 0 Å². The van der Waals surface area contributed by atoms with Gasteiger partial charge in [0.15, 0.2) is 0 Å². The van der Waals surface area contributed by atoms with E-state index >= 15 is 0 Å². The molecule has 0 unspecified atom stereocenters. The average Bonchev–Trinajstić information content (AvgIpc) is 3.34. The molecule has 27 heavy (non-hydrogen) atoms. The standard InChI is InChI=1S/C19H12N4OS3/c24-17-15-12(11-4-2-1-3-5-11)8-26-18(15)23-14(22-17)9-27-19-16-13(6-7-25-16)20-10-21-19/h1-8,10H,9H2,(H,22,23,24). The Morgan fingerprint density at radius 2 is 1.96 bits per heavy atom. The van der Waals surface area contributed by atoms with E-state index in [4.69, 9.17) is 0 Å². The molecule has 0 amide bonds. The second-order valence-electron chi connectivity index (χ2n) is 5.81. The molecule has 0 aliphatic rings. The zero-order chi connectivity index (χ0) is 18.2. The van der Waals surface area contributed by atoms with Crippen molar-refractivity contribution in [3.63, 3.8) is 0 Å². The molecule has 5 nitrogen and oxygen atoms in total. The molecule has 132 valence electrons. The highest BCUT2D eigenvalue weighted by atomic mass is 32.2. The van der Waals surface area contributed by atoms with Crippen LogP contribution in [0.3, 0.4) is 0 Å². The molecule has 1 aromatic carbocycles. The van der Waals surface area contributed by atoms with E-state index < -0.39 is 0 Å². The molecule has 4 aromatic heterocycles. The summed E-state index contributed by atoms with van der Waals surface area (Å²) >= 11 is 4.68. The lowest BCUT2D eigenvalue weighted by Crippen LogP contribution is -2.10. The third-order valence-corrected chi connectivity index (χ3v) is 7.05. The van der Waals surface area contributed by atoms with Crippen LogP contribution in [0.5, 0.6) is 0 Å². The molecule has 0 bridgehead atoms. The topological polar surface area (TPSA) is 71.5 Å². The summed E-state index contributed by atoms with van der Waals surface area (Å²) in [4.78, 5) is 29.7. The van der Waals surface area contributed by atoms with Gasteiger partial charge in [-0.15, -0.1) is 22.7 Å². The van der Waals surface area contributed by atoms with Gasteiger partial charge in [-0.2, -0.15) is 0 Å².